The van der Waals surface area contributed by atoms with Crippen molar-refractivity contribution in [2.24, 2.45) is 11.1 Å². The van der Waals surface area contributed by atoms with Crippen LogP contribution in [0.25, 0.3) is 5.65 Å². The van der Waals surface area contributed by atoms with Crippen molar-refractivity contribution in [2.75, 3.05) is 11.9 Å². The van der Waals surface area contributed by atoms with E-state index in [1.54, 1.807) is 13.0 Å². The second kappa shape index (κ2) is 11.8. The minimum atomic E-state index is -0.817. The van der Waals surface area contributed by atoms with Crippen molar-refractivity contribution in [1.29, 1.82) is 5.41 Å². The van der Waals surface area contributed by atoms with Crippen LogP contribution < -0.4 is 15.8 Å². The number of nitrogen functional groups attached to an aromatic ring is 1. The third kappa shape index (κ3) is 6.70. The monoisotopic (exact) mass is 569 g/mol. The lowest BCUT2D eigenvalue weighted by atomic mass is 9.89. The third-order valence-corrected chi connectivity index (χ3v) is 7.57. The number of aryl methyl sites for hydroxylation is 2. The molecule has 42 heavy (non-hydrogen) atoms. The number of imidazole rings is 1. The molecule has 10 nitrogen and oxygen atoms in total. The van der Waals surface area contributed by atoms with E-state index in [0.717, 1.165) is 28.0 Å². The molecule has 4 aromatic rings. The first-order chi connectivity index (χ1) is 20.0. The highest BCUT2D eigenvalue weighted by Crippen LogP contribution is 2.39. The van der Waals surface area contributed by atoms with Crippen LogP contribution in [0.5, 0.6) is 5.88 Å². The van der Waals surface area contributed by atoms with E-state index in [-0.39, 0.29) is 24.8 Å². The van der Waals surface area contributed by atoms with Gasteiger partial charge in [0.15, 0.2) is 0 Å². The van der Waals surface area contributed by atoms with Crippen LogP contribution in [-0.4, -0.2) is 37.8 Å². The summed E-state index contributed by atoms with van der Waals surface area (Å²) in [7, 11) is 0. The van der Waals surface area contributed by atoms with Crippen molar-refractivity contribution >= 4 is 23.3 Å². The van der Waals surface area contributed by atoms with E-state index >= 15 is 0 Å². The largest absolute Gasteiger partial charge is 0.471 e. The molecule has 220 valence electrons. The number of carbonyl (C=O) groups is 1. The summed E-state index contributed by atoms with van der Waals surface area (Å²) in [6.45, 7) is 10.5. The summed E-state index contributed by atoms with van der Waals surface area (Å²) in [5.74, 6) is 1.84. The molecule has 1 aliphatic rings. The molecule has 3 aromatic heterocycles. The van der Waals surface area contributed by atoms with Crippen molar-refractivity contribution in [3.05, 3.63) is 82.1 Å². The number of nitrogens with zero attached hydrogens (tertiary/aromatic N) is 4. The van der Waals surface area contributed by atoms with Gasteiger partial charge < -0.3 is 24.9 Å². The smallest absolute Gasteiger partial charge is 0.311 e. The second-order valence-corrected chi connectivity index (χ2v) is 11.7. The number of esters is 1. The number of nitrogens with one attached hydrogen (secondary N) is 2. The number of amidine groups is 1. The van der Waals surface area contributed by atoms with E-state index in [1.165, 1.54) is 18.4 Å². The Hall–Kier alpha value is -4.47. The fraction of sp³-hybridized carbons (Fsp3) is 0.406. The Kier molecular flexibility index (Phi) is 8.15. The van der Waals surface area contributed by atoms with Crippen molar-refractivity contribution in [3.8, 4) is 5.88 Å². The van der Waals surface area contributed by atoms with E-state index in [2.05, 4.69) is 27.0 Å². The molecule has 1 saturated carbocycles. The van der Waals surface area contributed by atoms with E-state index in [0.29, 0.717) is 42.2 Å². The number of ether oxygens (including phenoxy) is 2. The molecule has 3 heterocycles. The lowest BCUT2D eigenvalue weighted by Gasteiger charge is -2.22. The van der Waals surface area contributed by atoms with Crippen molar-refractivity contribution in [3.63, 3.8) is 0 Å². The Morgan fingerprint density at radius 2 is 1.86 bits per heavy atom. The standard InChI is InChI=1S/C32H39N7O3/c1-6-41-31(40)32(4,5)14-27-37-26(35-15-25-19(2)11-23(30(33)34)12-20(25)3)13-29(38-27)42-18-24-17-39-16-22(21-7-8-21)9-10-28(39)36-24/h9-13,16-17,21H,6-8,14-15,18H2,1-5H3,(H3,33,34)(H,35,37,38). The molecule has 0 saturated heterocycles. The SMILES string of the molecule is CCOC(=O)C(C)(C)Cc1nc(NCc2c(C)cc(C(=N)N)cc2C)cc(OCc2cn3cc(C4CC4)ccc3n2)n1. The summed E-state index contributed by atoms with van der Waals surface area (Å²) in [5, 5.41) is 11.2. The molecule has 1 fully saturated rings. The van der Waals surface area contributed by atoms with Crippen LogP contribution in [0.15, 0.2) is 42.7 Å². The Morgan fingerprint density at radius 1 is 1.12 bits per heavy atom. The highest BCUT2D eigenvalue weighted by Gasteiger charge is 2.31. The van der Waals surface area contributed by atoms with Gasteiger partial charge in [0.2, 0.25) is 5.88 Å². The lowest BCUT2D eigenvalue weighted by molar-refractivity contribution is -0.153. The molecule has 0 radical (unpaired) electrons. The number of aromatic nitrogens is 4. The molecular formula is C32H39N7O3. The number of rotatable bonds is 12. The summed E-state index contributed by atoms with van der Waals surface area (Å²) in [6, 6.07) is 9.79. The number of nitrogens with two attached hydrogens (primary N) is 1. The predicted octanol–water partition coefficient (Wildman–Crippen LogP) is 5.23. The van der Waals surface area contributed by atoms with E-state index in [4.69, 9.17) is 30.6 Å². The van der Waals surface area contributed by atoms with Gasteiger partial charge >= 0.3 is 5.97 Å². The van der Waals surface area contributed by atoms with Gasteiger partial charge in [-0.2, -0.15) is 4.98 Å². The lowest BCUT2D eigenvalue weighted by Crippen LogP contribution is -2.30. The van der Waals surface area contributed by atoms with Crippen LogP contribution in [0.2, 0.25) is 0 Å². The van der Waals surface area contributed by atoms with Gasteiger partial charge in [0.25, 0.3) is 0 Å². The Balaban J connectivity index is 1.37. The van der Waals surface area contributed by atoms with E-state index in [1.807, 2.05) is 52.1 Å². The van der Waals surface area contributed by atoms with E-state index < -0.39 is 5.41 Å². The minimum absolute atomic E-state index is 0.0427. The van der Waals surface area contributed by atoms with Crippen molar-refractivity contribution in [1.82, 2.24) is 19.4 Å². The number of hydrogen-bond acceptors (Lipinski definition) is 8. The highest BCUT2D eigenvalue weighted by atomic mass is 16.5. The molecule has 4 N–H and O–H groups in total. The van der Waals surface area contributed by atoms with Gasteiger partial charge in [-0.15, -0.1) is 0 Å². The van der Waals surface area contributed by atoms with Crippen LogP contribution in [0.1, 0.15) is 78.9 Å². The molecule has 1 aromatic carbocycles. The Morgan fingerprint density at radius 3 is 2.52 bits per heavy atom. The van der Waals surface area contributed by atoms with Gasteiger partial charge in [-0.25, -0.2) is 9.97 Å². The van der Waals surface area contributed by atoms with Crippen LogP contribution in [-0.2, 0) is 29.1 Å². The van der Waals surface area contributed by atoms with Gasteiger partial charge in [0, 0.05) is 37.0 Å². The predicted molar refractivity (Wildman–Crippen MR) is 162 cm³/mol. The minimum Gasteiger partial charge on any atom is -0.471 e. The molecule has 0 unspecified atom stereocenters. The first kappa shape index (κ1) is 29.0. The maximum atomic E-state index is 12.6. The molecule has 0 bridgehead atoms. The average Bonchev–Trinajstić information content (AvgIpc) is 3.70. The molecule has 5 rings (SSSR count). The van der Waals surface area contributed by atoms with Gasteiger partial charge in [0.05, 0.1) is 17.7 Å². The number of pyridine rings is 1. The topological polar surface area (TPSA) is 141 Å². The van der Waals surface area contributed by atoms with Gasteiger partial charge in [-0.1, -0.05) is 6.07 Å². The summed E-state index contributed by atoms with van der Waals surface area (Å²) in [4.78, 5) is 26.7. The summed E-state index contributed by atoms with van der Waals surface area (Å²) < 4.78 is 13.5. The zero-order chi connectivity index (χ0) is 30.0. The first-order valence-electron chi connectivity index (χ1n) is 14.4. The molecule has 1 aliphatic carbocycles. The van der Waals surface area contributed by atoms with Crippen LogP contribution >= 0.6 is 0 Å². The molecule has 0 amide bonds. The highest BCUT2D eigenvalue weighted by molar-refractivity contribution is 5.95. The molecule has 0 spiro atoms. The summed E-state index contributed by atoms with van der Waals surface area (Å²) >= 11 is 0. The number of carbonyl (C=O) groups excluding carboxylic acids is 1. The van der Waals surface area contributed by atoms with E-state index in [9.17, 15) is 4.79 Å². The Labute approximate surface area is 246 Å². The average molecular weight is 570 g/mol. The first-order valence-corrected chi connectivity index (χ1v) is 14.4. The zero-order valence-corrected chi connectivity index (χ0v) is 25.0. The molecular weight excluding hydrogens is 530 g/mol. The maximum Gasteiger partial charge on any atom is 0.311 e. The molecule has 0 atom stereocenters. The third-order valence-electron chi connectivity index (χ3n) is 7.57. The van der Waals surface area contributed by atoms with Crippen LogP contribution in [0, 0.1) is 24.7 Å². The zero-order valence-electron chi connectivity index (χ0n) is 25.0. The quantitative estimate of drug-likeness (QED) is 0.120. The van der Waals surface area contributed by atoms with Crippen LogP contribution in [0.4, 0.5) is 5.82 Å². The number of benzene rings is 1. The van der Waals surface area contributed by atoms with Crippen LogP contribution in [0.3, 0.4) is 0 Å². The normalized spacial score (nSPS) is 13.3. The number of anilines is 1. The number of fused-ring (bicyclic) bond motifs is 1. The van der Waals surface area contributed by atoms with Crippen molar-refractivity contribution < 1.29 is 14.3 Å². The molecule has 10 heteroatoms. The van der Waals surface area contributed by atoms with Gasteiger partial charge in [-0.3, -0.25) is 10.2 Å². The summed E-state index contributed by atoms with van der Waals surface area (Å²) in [6.07, 6.45) is 6.92. The van der Waals surface area contributed by atoms with Gasteiger partial charge in [-0.05, 0) is 93.8 Å². The summed E-state index contributed by atoms with van der Waals surface area (Å²) in [5.41, 5.74) is 11.7. The molecule has 0 aliphatic heterocycles. The van der Waals surface area contributed by atoms with Crippen molar-refractivity contribution in [2.45, 2.75) is 73.0 Å². The number of hydrogen-bond donors (Lipinski definition) is 3. The second-order valence-electron chi connectivity index (χ2n) is 11.7. The fourth-order valence-electron chi connectivity index (χ4n) is 5.05. The van der Waals surface area contributed by atoms with Gasteiger partial charge in [0.1, 0.15) is 29.7 Å². The Bertz CT molecular complexity index is 1620. The maximum absolute atomic E-state index is 12.6. The fourth-order valence-corrected chi connectivity index (χ4v) is 5.05.